The van der Waals surface area contributed by atoms with Gasteiger partial charge in [-0.2, -0.15) is 0 Å². The molecule has 0 saturated heterocycles. The lowest BCUT2D eigenvalue weighted by Gasteiger charge is -2.09. The van der Waals surface area contributed by atoms with Gasteiger partial charge >= 0.3 is 0 Å². The van der Waals surface area contributed by atoms with Crippen molar-refractivity contribution in [3.63, 3.8) is 0 Å². The Labute approximate surface area is 110 Å². The van der Waals surface area contributed by atoms with Crippen molar-refractivity contribution in [1.82, 2.24) is 5.32 Å². The largest absolute Gasteiger partial charge is 0.493 e. The Bertz CT molecular complexity index is 315. The first kappa shape index (κ1) is 15.0. The monoisotopic (exact) mass is 251 g/mol. The van der Waals surface area contributed by atoms with E-state index in [4.69, 9.17) is 9.47 Å². The summed E-state index contributed by atoms with van der Waals surface area (Å²) in [6.07, 6.45) is 2.09. The van der Waals surface area contributed by atoms with Gasteiger partial charge in [0.05, 0.1) is 13.2 Å². The molecule has 0 bridgehead atoms. The summed E-state index contributed by atoms with van der Waals surface area (Å²) >= 11 is 0. The van der Waals surface area contributed by atoms with E-state index >= 15 is 0 Å². The molecule has 0 unspecified atom stereocenters. The number of likely N-dealkylation sites (N-methyl/N-ethyl adjacent to an activating group) is 1. The molecule has 1 N–H and O–H groups in total. The molecule has 0 aliphatic heterocycles. The number of benzene rings is 1. The second kappa shape index (κ2) is 9.92. The van der Waals surface area contributed by atoms with Crippen LogP contribution in [0.3, 0.4) is 0 Å². The first-order valence-electron chi connectivity index (χ1n) is 6.81. The number of para-hydroxylation sites is 1. The molecular formula is C15H25NO2. The number of ether oxygens (including phenoxy) is 2. The number of hydrogen-bond donors (Lipinski definition) is 1. The van der Waals surface area contributed by atoms with Gasteiger partial charge < -0.3 is 14.8 Å². The molecule has 0 heterocycles. The molecule has 0 aliphatic rings. The molecule has 0 fully saturated rings. The summed E-state index contributed by atoms with van der Waals surface area (Å²) in [7, 11) is 0. The van der Waals surface area contributed by atoms with Crippen LogP contribution in [-0.2, 0) is 4.74 Å². The zero-order chi connectivity index (χ0) is 13.1. The average molecular weight is 251 g/mol. The third kappa shape index (κ3) is 6.62. The number of nitrogens with one attached hydrogen (secondary N) is 1. The molecule has 0 radical (unpaired) electrons. The smallest absolute Gasteiger partial charge is 0.122 e. The second-order valence-electron chi connectivity index (χ2n) is 4.29. The zero-order valence-electron chi connectivity index (χ0n) is 11.6. The Morgan fingerprint density at radius 3 is 2.61 bits per heavy atom. The lowest BCUT2D eigenvalue weighted by atomic mass is 10.2. The van der Waals surface area contributed by atoms with Gasteiger partial charge in [0.25, 0.3) is 0 Å². The van der Waals surface area contributed by atoms with Gasteiger partial charge in [-0.05, 0) is 37.9 Å². The first-order chi connectivity index (χ1) is 8.84. The van der Waals surface area contributed by atoms with Gasteiger partial charge in [-0.15, -0.1) is 0 Å². The van der Waals surface area contributed by atoms with Gasteiger partial charge in [0.2, 0.25) is 0 Å². The summed E-state index contributed by atoms with van der Waals surface area (Å²) in [4.78, 5) is 0. The maximum atomic E-state index is 5.71. The predicted octanol–water partition coefficient (Wildman–Crippen LogP) is 2.78. The van der Waals surface area contributed by atoms with Crippen LogP contribution in [0.15, 0.2) is 24.3 Å². The van der Waals surface area contributed by atoms with E-state index in [9.17, 15) is 0 Å². The summed E-state index contributed by atoms with van der Waals surface area (Å²) in [6.45, 7) is 8.50. The van der Waals surface area contributed by atoms with Crippen LogP contribution in [0.5, 0.6) is 5.75 Å². The van der Waals surface area contributed by atoms with Crippen LogP contribution in [0.25, 0.3) is 0 Å². The standard InChI is InChI=1S/C15H25NO2/c1-3-16-10-13-17-11-6-7-12-18-15-9-5-4-8-14(15)2/h4-5,8-9,16H,3,6-7,10-13H2,1-2H3. The van der Waals surface area contributed by atoms with E-state index in [1.165, 1.54) is 5.56 Å². The van der Waals surface area contributed by atoms with Crippen LogP contribution in [0, 0.1) is 6.92 Å². The van der Waals surface area contributed by atoms with E-state index in [1.54, 1.807) is 0 Å². The van der Waals surface area contributed by atoms with E-state index < -0.39 is 0 Å². The molecule has 0 aromatic heterocycles. The lowest BCUT2D eigenvalue weighted by molar-refractivity contribution is 0.128. The minimum atomic E-state index is 0.765. The molecule has 0 aliphatic carbocycles. The van der Waals surface area contributed by atoms with Gasteiger partial charge in [0.1, 0.15) is 5.75 Å². The van der Waals surface area contributed by atoms with Crippen molar-refractivity contribution in [2.24, 2.45) is 0 Å². The van der Waals surface area contributed by atoms with Crippen molar-refractivity contribution in [2.45, 2.75) is 26.7 Å². The van der Waals surface area contributed by atoms with E-state index in [0.29, 0.717) is 0 Å². The summed E-state index contributed by atoms with van der Waals surface area (Å²) < 4.78 is 11.2. The minimum Gasteiger partial charge on any atom is -0.493 e. The second-order valence-corrected chi connectivity index (χ2v) is 4.29. The fourth-order valence-corrected chi connectivity index (χ4v) is 1.63. The van der Waals surface area contributed by atoms with Crippen LogP contribution in [0.1, 0.15) is 25.3 Å². The highest BCUT2D eigenvalue weighted by Crippen LogP contribution is 2.16. The van der Waals surface area contributed by atoms with Crippen molar-refractivity contribution in [3.05, 3.63) is 29.8 Å². The maximum absolute atomic E-state index is 5.71. The lowest BCUT2D eigenvalue weighted by Crippen LogP contribution is -2.19. The highest BCUT2D eigenvalue weighted by molar-refractivity contribution is 5.31. The van der Waals surface area contributed by atoms with Gasteiger partial charge in [0.15, 0.2) is 0 Å². The molecule has 3 heteroatoms. The normalized spacial score (nSPS) is 10.6. The molecule has 18 heavy (non-hydrogen) atoms. The van der Waals surface area contributed by atoms with E-state index in [0.717, 1.165) is 51.5 Å². The van der Waals surface area contributed by atoms with Gasteiger partial charge in [0, 0.05) is 13.2 Å². The van der Waals surface area contributed by atoms with Gasteiger partial charge in [-0.1, -0.05) is 25.1 Å². The van der Waals surface area contributed by atoms with Gasteiger partial charge in [-0.3, -0.25) is 0 Å². The first-order valence-corrected chi connectivity index (χ1v) is 6.81. The van der Waals surface area contributed by atoms with Crippen LogP contribution in [0.2, 0.25) is 0 Å². The van der Waals surface area contributed by atoms with Crippen molar-refractivity contribution in [1.29, 1.82) is 0 Å². The number of hydrogen-bond acceptors (Lipinski definition) is 3. The van der Waals surface area contributed by atoms with Crippen LogP contribution >= 0.6 is 0 Å². The SMILES string of the molecule is CCNCCOCCCCOc1ccccc1C. The minimum absolute atomic E-state index is 0.765. The Morgan fingerprint density at radius 2 is 1.83 bits per heavy atom. The highest BCUT2D eigenvalue weighted by atomic mass is 16.5. The van der Waals surface area contributed by atoms with E-state index in [1.807, 2.05) is 18.2 Å². The highest BCUT2D eigenvalue weighted by Gasteiger charge is 1.97. The fourth-order valence-electron chi connectivity index (χ4n) is 1.63. The maximum Gasteiger partial charge on any atom is 0.122 e. The third-order valence-electron chi connectivity index (χ3n) is 2.71. The van der Waals surface area contributed by atoms with Gasteiger partial charge in [-0.25, -0.2) is 0 Å². The molecule has 1 aromatic carbocycles. The molecule has 0 spiro atoms. The van der Waals surface area contributed by atoms with Crippen LogP contribution in [0.4, 0.5) is 0 Å². The van der Waals surface area contributed by atoms with Crippen molar-refractivity contribution in [3.8, 4) is 5.75 Å². The van der Waals surface area contributed by atoms with Crippen molar-refractivity contribution < 1.29 is 9.47 Å². The fraction of sp³-hybridized carbons (Fsp3) is 0.600. The van der Waals surface area contributed by atoms with Crippen LogP contribution in [-0.4, -0.2) is 32.9 Å². The topological polar surface area (TPSA) is 30.5 Å². The van der Waals surface area contributed by atoms with Crippen molar-refractivity contribution >= 4 is 0 Å². The molecule has 0 saturated carbocycles. The Kier molecular flexibility index (Phi) is 8.26. The Balaban J connectivity index is 1.94. The third-order valence-corrected chi connectivity index (χ3v) is 2.71. The van der Waals surface area contributed by atoms with Crippen molar-refractivity contribution in [2.75, 3.05) is 32.9 Å². The van der Waals surface area contributed by atoms with E-state index in [-0.39, 0.29) is 0 Å². The zero-order valence-corrected chi connectivity index (χ0v) is 11.6. The Morgan fingerprint density at radius 1 is 1.06 bits per heavy atom. The molecule has 102 valence electrons. The summed E-state index contributed by atoms with van der Waals surface area (Å²) in [5.74, 6) is 0.991. The summed E-state index contributed by atoms with van der Waals surface area (Å²) in [5, 5.41) is 3.23. The Hall–Kier alpha value is -1.06. The quantitative estimate of drug-likeness (QED) is 0.649. The molecule has 1 rings (SSSR count). The number of unbranched alkanes of at least 4 members (excludes halogenated alkanes) is 1. The molecular weight excluding hydrogens is 226 g/mol. The summed E-state index contributed by atoms with van der Waals surface area (Å²) in [6, 6.07) is 8.12. The molecule has 3 nitrogen and oxygen atoms in total. The number of aryl methyl sites for hydroxylation is 1. The molecule has 0 atom stereocenters. The summed E-state index contributed by atoms with van der Waals surface area (Å²) in [5.41, 5.74) is 1.19. The average Bonchev–Trinajstić information content (AvgIpc) is 2.39. The number of rotatable bonds is 10. The van der Waals surface area contributed by atoms with E-state index in [2.05, 4.69) is 25.2 Å². The van der Waals surface area contributed by atoms with Crippen LogP contribution < -0.4 is 10.1 Å². The molecule has 1 aromatic rings. The molecule has 0 amide bonds. The predicted molar refractivity (Wildman–Crippen MR) is 75.3 cm³/mol.